The summed E-state index contributed by atoms with van der Waals surface area (Å²) in [7, 11) is 0. The van der Waals surface area contributed by atoms with Crippen LogP contribution in [0.3, 0.4) is 0 Å². The van der Waals surface area contributed by atoms with Crippen LogP contribution in [-0.4, -0.2) is 26.7 Å². The van der Waals surface area contributed by atoms with Gasteiger partial charge in [0, 0.05) is 18.4 Å². The molecule has 0 radical (unpaired) electrons. The van der Waals surface area contributed by atoms with Crippen molar-refractivity contribution in [2.24, 2.45) is 5.41 Å². The number of rotatable bonds is 6. The standard InChI is InChI=1S/C27H29N5O2S/c1-18-23(35-25(29-18)30-24(33)27(2,3)4)22-16-21(15-19-11-7-5-8-12-19)32(31-22)26(34)28-17-20-13-9-6-10-14-20/h5-14,16H,15,17H2,1-4H3,(H,28,34)(H,29,30,33). The minimum absolute atomic E-state index is 0.103. The molecule has 4 rings (SSSR count). The predicted octanol–water partition coefficient (Wildman–Crippen LogP) is 5.65. The number of aryl methyl sites for hydroxylation is 1. The number of hydrogen-bond acceptors (Lipinski definition) is 5. The topological polar surface area (TPSA) is 88.9 Å². The summed E-state index contributed by atoms with van der Waals surface area (Å²) in [5.41, 5.74) is 3.73. The van der Waals surface area contributed by atoms with Gasteiger partial charge in [0.05, 0.1) is 16.3 Å². The van der Waals surface area contributed by atoms with Crippen LogP contribution >= 0.6 is 11.3 Å². The predicted molar refractivity (Wildman–Crippen MR) is 139 cm³/mol. The highest BCUT2D eigenvalue weighted by atomic mass is 32.1. The van der Waals surface area contributed by atoms with E-state index in [1.807, 2.05) is 94.4 Å². The van der Waals surface area contributed by atoms with Gasteiger partial charge in [0.1, 0.15) is 5.69 Å². The maximum absolute atomic E-state index is 13.1. The number of anilines is 1. The van der Waals surface area contributed by atoms with E-state index < -0.39 is 5.41 Å². The number of nitrogens with zero attached hydrogens (tertiary/aromatic N) is 3. The number of nitrogens with one attached hydrogen (secondary N) is 2. The Hall–Kier alpha value is -3.78. The SMILES string of the molecule is Cc1nc(NC(=O)C(C)(C)C)sc1-c1cc(Cc2ccccc2)n(C(=O)NCc2ccccc2)n1. The number of aromatic nitrogens is 3. The Morgan fingerprint density at radius 1 is 0.971 bits per heavy atom. The maximum atomic E-state index is 13.1. The van der Waals surface area contributed by atoms with Gasteiger partial charge in [0.15, 0.2) is 5.13 Å². The minimum atomic E-state index is -0.527. The number of thiazole rings is 1. The summed E-state index contributed by atoms with van der Waals surface area (Å²) in [6.45, 7) is 7.85. The number of benzene rings is 2. The first kappa shape index (κ1) is 24.3. The van der Waals surface area contributed by atoms with Gasteiger partial charge >= 0.3 is 6.03 Å². The lowest BCUT2D eigenvalue weighted by Gasteiger charge is -2.15. The lowest BCUT2D eigenvalue weighted by Crippen LogP contribution is -2.30. The fourth-order valence-electron chi connectivity index (χ4n) is 3.46. The van der Waals surface area contributed by atoms with E-state index in [4.69, 9.17) is 0 Å². The van der Waals surface area contributed by atoms with Crippen molar-refractivity contribution in [1.82, 2.24) is 20.1 Å². The Balaban J connectivity index is 1.63. The number of carbonyl (C=O) groups excluding carboxylic acids is 2. The summed E-state index contributed by atoms with van der Waals surface area (Å²) in [4.78, 5) is 30.9. The molecule has 0 fully saturated rings. The summed E-state index contributed by atoms with van der Waals surface area (Å²) < 4.78 is 1.43. The van der Waals surface area contributed by atoms with Crippen LogP contribution in [0.4, 0.5) is 9.93 Å². The highest BCUT2D eigenvalue weighted by Gasteiger charge is 2.24. The third-order valence-electron chi connectivity index (χ3n) is 5.42. The number of amides is 2. The van der Waals surface area contributed by atoms with E-state index in [1.165, 1.54) is 16.0 Å². The normalized spacial score (nSPS) is 11.3. The van der Waals surface area contributed by atoms with Crippen LogP contribution in [0.25, 0.3) is 10.6 Å². The van der Waals surface area contributed by atoms with Crippen molar-refractivity contribution in [2.45, 2.75) is 40.7 Å². The van der Waals surface area contributed by atoms with Crippen molar-refractivity contribution in [3.8, 4) is 10.6 Å². The Morgan fingerprint density at radius 3 is 2.23 bits per heavy atom. The van der Waals surface area contributed by atoms with E-state index in [1.54, 1.807) is 0 Å². The average Bonchev–Trinajstić information content (AvgIpc) is 3.41. The monoisotopic (exact) mass is 487 g/mol. The molecular weight excluding hydrogens is 458 g/mol. The number of carbonyl (C=O) groups is 2. The Bertz CT molecular complexity index is 1320. The van der Waals surface area contributed by atoms with Crippen molar-refractivity contribution >= 4 is 28.4 Å². The van der Waals surface area contributed by atoms with Crippen LogP contribution in [0.15, 0.2) is 66.7 Å². The van der Waals surface area contributed by atoms with Gasteiger partial charge in [0.2, 0.25) is 5.91 Å². The molecule has 35 heavy (non-hydrogen) atoms. The summed E-state index contributed by atoms with van der Waals surface area (Å²) in [6, 6.07) is 21.3. The van der Waals surface area contributed by atoms with Crippen molar-refractivity contribution in [1.29, 1.82) is 0 Å². The molecule has 2 amide bonds. The van der Waals surface area contributed by atoms with Crippen LogP contribution in [-0.2, 0) is 17.8 Å². The highest BCUT2D eigenvalue weighted by molar-refractivity contribution is 7.19. The minimum Gasteiger partial charge on any atom is -0.332 e. The molecule has 0 aliphatic heterocycles. The van der Waals surface area contributed by atoms with Crippen LogP contribution in [0.2, 0.25) is 0 Å². The highest BCUT2D eigenvalue weighted by Crippen LogP contribution is 2.33. The van der Waals surface area contributed by atoms with Gasteiger partial charge in [-0.25, -0.2) is 9.78 Å². The molecule has 0 saturated heterocycles. The van der Waals surface area contributed by atoms with E-state index in [2.05, 4.69) is 20.7 Å². The molecule has 2 N–H and O–H groups in total. The van der Waals surface area contributed by atoms with Crippen molar-refractivity contribution in [3.63, 3.8) is 0 Å². The Kier molecular flexibility index (Phi) is 7.12. The van der Waals surface area contributed by atoms with Crippen LogP contribution < -0.4 is 10.6 Å². The Labute approximate surface area is 209 Å². The summed E-state index contributed by atoms with van der Waals surface area (Å²) in [6.07, 6.45) is 0.554. The van der Waals surface area contributed by atoms with Gasteiger partial charge in [-0.3, -0.25) is 4.79 Å². The zero-order valence-electron chi connectivity index (χ0n) is 20.3. The first-order valence-electron chi connectivity index (χ1n) is 11.4. The number of hydrogen-bond donors (Lipinski definition) is 2. The molecule has 2 aromatic carbocycles. The molecule has 0 spiro atoms. The molecule has 0 aliphatic rings. The fourth-order valence-corrected chi connectivity index (χ4v) is 4.38. The Morgan fingerprint density at radius 2 is 1.60 bits per heavy atom. The molecule has 0 unspecified atom stereocenters. The van der Waals surface area contributed by atoms with E-state index in [-0.39, 0.29) is 11.9 Å². The van der Waals surface area contributed by atoms with Crippen molar-refractivity contribution in [3.05, 3.63) is 89.2 Å². The van der Waals surface area contributed by atoms with Gasteiger partial charge < -0.3 is 10.6 Å². The molecule has 7 nitrogen and oxygen atoms in total. The second kappa shape index (κ2) is 10.2. The van der Waals surface area contributed by atoms with E-state index in [0.29, 0.717) is 23.8 Å². The molecule has 4 aromatic rings. The molecule has 8 heteroatoms. The molecule has 0 bridgehead atoms. The van der Waals surface area contributed by atoms with Gasteiger partial charge in [-0.15, -0.1) is 0 Å². The van der Waals surface area contributed by atoms with Gasteiger partial charge in [0.25, 0.3) is 0 Å². The van der Waals surface area contributed by atoms with E-state index in [9.17, 15) is 9.59 Å². The summed E-state index contributed by atoms with van der Waals surface area (Å²) in [5, 5.41) is 11.0. The molecule has 2 aromatic heterocycles. The third-order valence-corrected chi connectivity index (χ3v) is 6.52. The molecule has 0 atom stereocenters. The average molecular weight is 488 g/mol. The van der Waals surface area contributed by atoms with Crippen LogP contribution in [0.1, 0.15) is 43.3 Å². The van der Waals surface area contributed by atoms with Crippen LogP contribution in [0, 0.1) is 12.3 Å². The quantitative estimate of drug-likeness (QED) is 0.368. The molecule has 180 valence electrons. The summed E-state index contributed by atoms with van der Waals surface area (Å²) >= 11 is 1.36. The second-order valence-corrected chi connectivity index (χ2v) is 10.4. The maximum Gasteiger partial charge on any atom is 0.342 e. The van der Waals surface area contributed by atoms with Crippen molar-refractivity contribution < 1.29 is 9.59 Å². The lowest BCUT2D eigenvalue weighted by atomic mass is 9.96. The first-order chi connectivity index (χ1) is 16.7. The van der Waals surface area contributed by atoms with Crippen molar-refractivity contribution in [2.75, 3.05) is 5.32 Å². The molecular formula is C27H29N5O2S. The third kappa shape index (κ3) is 6.02. The molecule has 2 heterocycles. The van der Waals surface area contributed by atoms with E-state index >= 15 is 0 Å². The lowest BCUT2D eigenvalue weighted by molar-refractivity contribution is -0.123. The van der Waals surface area contributed by atoms with Gasteiger partial charge in [-0.05, 0) is 24.1 Å². The van der Waals surface area contributed by atoms with Gasteiger partial charge in [-0.2, -0.15) is 9.78 Å². The zero-order chi connectivity index (χ0) is 25.0. The molecule has 0 saturated carbocycles. The van der Waals surface area contributed by atoms with Crippen LogP contribution in [0.5, 0.6) is 0 Å². The summed E-state index contributed by atoms with van der Waals surface area (Å²) in [5.74, 6) is -0.103. The first-order valence-corrected chi connectivity index (χ1v) is 12.3. The van der Waals surface area contributed by atoms with E-state index in [0.717, 1.165) is 27.4 Å². The van der Waals surface area contributed by atoms with Gasteiger partial charge in [-0.1, -0.05) is 92.8 Å². The second-order valence-electron chi connectivity index (χ2n) is 9.38. The molecule has 0 aliphatic carbocycles. The largest absolute Gasteiger partial charge is 0.342 e. The fraction of sp³-hybridized carbons (Fsp3) is 0.259. The smallest absolute Gasteiger partial charge is 0.332 e. The zero-order valence-corrected chi connectivity index (χ0v) is 21.1.